The zero-order chi connectivity index (χ0) is 14.5. The number of rotatable bonds is 4. The molecule has 0 aliphatic carbocycles. The molecule has 1 aromatic heterocycles. The van der Waals surface area contributed by atoms with Crippen LogP contribution in [-0.4, -0.2) is 39.4 Å². The van der Waals surface area contributed by atoms with Crippen LogP contribution in [-0.2, 0) is 16.6 Å². The monoisotopic (exact) mass is 278 g/mol. The third-order valence-electron chi connectivity index (χ3n) is 3.64. The van der Waals surface area contributed by atoms with Crippen LogP contribution in [0.3, 0.4) is 0 Å². The molecular formula is C14H22N4O2. The first-order chi connectivity index (χ1) is 9.63. The van der Waals surface area contributed by atoms with Gasteiger partial charge < -0.3 is 14.8 Å². The summed E-state index contributed by atoms with van der Waals surface area (Å²) in [5, 5.41) is 2.82. The Bertz CT molecular complexity index is 477. The number of imidazole rings is 1. The third kappa shape index (κ3) is 3.18. The molecular weight excluding hydrogens is 256 g/mol. The molecule has 0 aromatic carbocycles. The van der Waals surface area contributed by atoms with Crippen molar-refractivity contribution in [2.75, 3.05) is 13.1 Å². The second-order valence-corrected chi connectivity index (χ2v) is 5.21. The molecule has 1 aromatic rings. The van der Waals surface area contributed by atoms with Gasteiger partial charge in [0.2, 0.25) is 0 Å². The van der Waals surface area contributed by atoms with E-state index >= 15 is 0 Å². The van der Waals surface area contributed by atoms with E-state index < -0.39 is 11.8 Å². The van der Waals surface area contributed by atoms with Gasteiger partial charge in [-0.3, -0.25) is 9.59 Å². The van der Waals surface area contributed by atoms with Crippen molar-refractivity contribution in [2.24, 2.45) is 7.05 Å². The van der Waals surface area contributed by atoms with Crippen molar-refractivity contribution in [2.45, 2.75) is 38.6 Å². The highest BCUT2D eigenvalue weighted by molar-refractivity contribution is 6.35. The molecule has 2 heterocycles. The molecule has 0 unspecified atom stereocenters. The van der Waals surface area contributed by atoms with Crippen LogP contribution in [0.25, 0.3) is 0 Å². The molecule has 0 saturated carbocycles. The lowest BCUT2D eigenvalue weighted by atomic mass is 10.1. The standard InChI is InChI=1S/C14H22N4O2/c1-3-6-11(12-15-7-10-17(12)2)16-13(19)14(20)18-8-4-5-9-18/h7,10-11H,3-6,8-9H2,1-2H3,(H,16,19)/t11-/m1/s1. The molecule has 20 heavy (non-hydrogen) atoms. The Hall–Kier alpha value is -1.85. The maximum absolute atomic E-state index is 12.1. The summed E-state index contributed by atoms with van der Waals surface area (Å²) >= 11 is 0. The molecule has 6 heteroatoms. The van der Waals surface area contributed by atoms with Gasteiger partial charge in [0.1, 0.15) is 5.82 Å². The van der Waals surface area contributed by atoms with Gasteiger partial charge in [-0.05, 0) is 19.3 Å². The normalized spacial score (nSPS) is 16.2. The summed E-state index contributed by atoms with van der Waals surface area (Å²) in [6.07, 6.45) is 7.19. The Morgan fingerprint density at radius 3 is 2.65 bits per heavy atom. The molecule has 2 rings (SSSR count). The molecule has 0 radical (unpaired) electrons. The van der Waals surface area contributed by atoms with E-state index in [0.717, 1.165) is 31.5 Å². The first-order valence-electron chi connectivity index (χ1n) is 7.20. The number of likely N-dealkylation sites (tertiary alicyclic amines) is 1. The van der Waals surface area contributed by atoms with E-state index in [0.29, 0.717) is 13.1 Å². The van der Waals surface area contributed by atoms with Gasteiger partial charge in [-0.2, -0.15) is 0 Å². The molecule has 110 valence electrons. The maximum atomic E-state index is 12.1. The second kappa shape index (κ2) is 6.54. The number of nitrogens with zero attached hydrogens (tertiary/aromatic N) is 3. The van der Waals surface area contributed by atoms with E-state index in [1.165, 1.54) is 0 Å². The second-order valence-electron chi connectivity index (χ2n) is 5.21. The van der Waals surface area contributed by atoms with Crippen LogP contribution in [0.4, 0.5) is 0 Å². The molecule has 1 aliphatic heterocycles. The van der Waals surface area contributed by atoms with Crippen LogP contribution in [0.15, 0.2) is 12.4 Å². The van der Waals surface area contributed by atoms with Gasteiger partial charge in [-0.15, -0.1) is 0 Å². The van der Waals surface area contributed by atoms with Crippen LogP contribution in [0.2, 0.25) is 0 Å². The molecule has 1 aliphatic rings. The number of hydrogen-bond donors (Lipinski definition) is 1. The number of amides is 2. The van der Waals surface area contributed by atoms with Gasteiger partial charge in [0, 0.05) is 32.5 Å². The highest BCUT2D eigenvalue weighted by Crippen LogP contribution is 2.16. The van der Waals surface area contributed by atoms with Crippen LogP contribution < -0.4 is 5.32 Å². The first-order valence-corrected chi connectivity index (χ1v) is 7.20. The predicted molar refractivity (Wildman–Crippen MR) is 74.8 cm³/mol. The van der Waals surface area contributed by atoms with Crippen LogP contribution in [0.1, 0.15) is 44.5 Å². The Morgan fingerprint density at radius 1 is 1.40 bits per heavy atom. The van der Waals surface area contributed by atoms with Crippen molar-refractivity contribution in [3.05, 3.63) is 18.2 Å². The van der Waals surface area contributed by atoms with Gasteiger partial charge in [0.15, 0.2) is 0 Å². The van der Waals surface area contributed by atoms with Gasteiger partial charge >= 0.3 is 11.8 Å². The molecule has 1 saturated heterocycles. The molecule has 1 fully saturated rings. The molecule has 0 spiro atoms. The Labute approximate surface area is 119 Å². The summed E-state index contributed by atoms with van der Waals surface area (Å²) < 4.78 is 1.88. The highest BCUT2D eigenvalue weighted by atomic mass is 16.2. The summed E-state index contributed by atoms with van der Waals surface area (Å²) in [6.45, 7) is 3.42. The minimum absolute atomic E-state index is 0.209. The maximum Gasteiger partial charge on any atom is 0.311 e. The summed E-state index contributed by atoms with van der Waals surface area (Å²) in [4.78, 5) is 30.0. The number of hydrogen-bond acceptors (Lipinski definition) is 3. The zero-order valence-electron chi connectivity index (χ0n) is 12.1. The van der Waals surface area contributed by atoms with E-state index in [1.807, 2.05) is 24.7 Å². The lowest BCUT2D eigenvalue weighted by Crippen LogP contribution is -2.43. The van der Waals surface area contributed by atoms with Gasteiger partial charge in [0.25, 0.3) is 0 Å². The highest BCUT2D eigenvalue weighted by Gasteiger charge is 2.27. The number of nitrogens with one attached hydrogen (secondary N) is 1. The zero-order valence-corrected chi connectivity index (χ0v) is 12.1. The molecule has 0 bridgehead atoms. The summed E-state index contributed by atoms with van der Waals surface area (Å²) in [5.74, 6) is -0.152. The minimum Gasteiger partial charge on any atom is -0.338 e. The Kier molecular flexibility index (Phi) is 4.76. The van der Waals surface area contributed by atoms with Crippen molar-refractivity contribution in [1.29, 1.82) is 0 Å². The van der Waals surface area contributed by atoms with Gasteiger partial charge in [-0.1, -0.05) is 13.3 Å². The average Bonchev–Trinajstić information content (AvgIpc) is 3.08. The predicted octanol–water partition coefficient (Wildman–Crippen LogP) is 1.000. The molecule has 1 N–H and O–H groups in total. The first kappa shape index (κ1) is 14.6. The summed E-state index contributed by atoms with van der Waals surface area (Å²) in [6, 6.07) is -0.209. The van der Waals surface area contributed by atoms with Crippen molar-refractivity contribution < 1.29 is 9.59 Å². The lowest BCUT2D eigenvalue weighted by molar-refractivity contribution is -0.145. The van der Waals surface area contributed by atoms with Crippen molar-refractivity contribution in [3.8, 4) is 0 Å². The van der Waals surface area contributed by atoms with Crippen LogP contribution >= 0.6 is 0 Å². The van der Waals surface area contributed by atoms with E-state index in [1.54, 1.807) is 11.1 Å². The third-order valence-corrected chi connectivity index (χ3v) is 3.64. The number of aryl methyl sites for hydroxylation is 1. The summed E-state index contributed by atoms with van der Waals surface area (Å²) in [7, 11) is 1.89. The van der Waals surface area contributed by atoms with Gasteiger partial charge in [0.05, 0.1) is 6.04 Å². The van der Waals surface area contributed by atoms with Crippen molar-refractivity contribution in [1.82, 2.24) is 19.8 Å². The van der Waals surface area contributed by atoms with E-state index in [4.69, 9.17) is 0 Å². The van der Waals surface area contributed by atoms with Crippen molar-refractivity contribution in [3.63, 3.8) is 0 Å². The molecule has 1 atom stereocenters. The van der Waals surface area contributed by atoms with Gasteiger partial charge in [-0.25, -0.2) is 4.98 Å². The van der Waals surface area contributed by atoms with Crippen molar-refractivity contribution >= 4 is 11.8 Å². The lowest BCUT2D eigenvalue weighted by Gasteiger charge is -2.20. The van der Waals surface area contributed by atoms with Crippen LogP contribution in [0, 0.1) is 0 Å². The largest absolute Gasteiger partial charge is 0.338 e. The number of carbonyl (C=O) groups is 2. The minimum atomic E-state index is -0.520. The smallest absolute Gasteiger partial charge is 0.311 e. The topological polar surface area (TPSA) is 67.2 Å². The number of carbonyl (C=O) groups excluding carboxylic acids is 2. The van der Waals surface area contributed by atoms with E-state index in [9.17, 15) is 9.59 Å². The fourth-order valence-electron chi connectivity index (χ4n) is 2.55. The fourth-order valence-corrected chi connectivity index (χ4v) is 2.55. The van der Waals surface area contributed by atoms with Crippen LogP contribution in [0.5, 0.6) is 0 Å². The molecule has 2 amide bonds. The average molecular weight is 278 g/mol. The molecule has 6 nitrogen and oxygen atoms in total. The summed E-state index contributed by atoms with van der Waals surface area (Å²) in [5.41, 5.74) is 0. The van der Waals surface area contributed by atoms with E-state index in [-0.39, 0.29) is 6.04 Å². The Balaban J connectivity index is 2.02. The van der Waals surface area contributed by atoms with E-state index in [2.05, 4.69) is 10.3 Å². The number of aromatic nitrogens is 2. The Morgan fingerprint density at radius 2 is 2.10 bits per heavy atom. The fraction of sp³-hybridized carbons (Fsp3) is 0.643. The SMILES string of the molecule is CCC[C@@H](NC(=O)C(=O)N1CCCC1)c1nccn1C. The quantitative estimate of drug-likeness (QED) is 0.836.